The first-order chi connectivity index (χ1) is 15.6. The average molecular weight is 442 g/mol. The summed E-state index contributed by atoms with van der Waals surface area (Å²) in [5.41, 5.74) is 2.39. The summed E-state index contributed by atoms with van der Waals surface area (Å²) in [5.74, 6) is 1.92. The first-order valence-electron chi connectivity index (χ1n) is 10.7. The Kier molecular flexibility index (Phi) is 8.58. The summed E-state index contributed by atoms with van der Waals surface area (Å²) >= 11 is 0. The molecule has 2 aromatic rings. The summed E-state index contributed by atoms with van der Waals surface area (Å²) in [5, 5.41) is 6.89. The SMILES string of the molecule is COCCC(=O)N1C[C@@H]2CN(Cc3cncc(OC)c3)C[C@@H]2[C@H]1c1ccccc1.O=CO. The number of aromatic nitrogens is 1. The van der Waals surface area contributed by atoms with Gasteiger partial charge in [-0.3, -0.25) is 19.5 Å². The fourth-order valence-corrected chi connectivity index (χ4v) is 4.85. The van der Waals surface area contributed by atoms with Crippen LogP contribution in [0.3, 0.4) is 0 Å². The van der Waals surface area contributed by atoms with Crippen LogP contribution in [0.15, 0.2) is 48.8 Å². The lowest BCUT2D eigenvalue weighted by Gasteiger charge is -2.30. The zero-order valence-corrected chi connectivity index (χ0v) is 18.6. The van der Waals surface area contributed by atoms with Crippen molar-refractivity contribution in [3.8, 4) is 5.75 Å². The minimum absolute atomic E-state index is 0.138. The predicted molar refractivity (Wildman–Crippen MR) is 119 cm³/mol. The Hall–Kier alpha value is -2.97. The maximum Gasteiger partial charge on any atom is 0.290 e. The first-order valence-corrected chi connectivity index (χ1v) is 10.7. The van der Waals surface area contributed by atoms with Crippen molar-refractivity contribution in [2.45, 2.75) is 19.0 Å². The van der Waals surface area contributed by atoms with Gasteiger partial charge in [0.1, 0.15) is 5.75 Å². The molecule has 1 amide bonds. The number of nitrogens with zero attached hydrogens (tertiary/aromatic N) is 3. The molecule has 3 atom stereocenters. The van der Waals surface area contributed by atoms with E-state index in [1.165, 1.54) is 5.56 Å². The summed E-state index contributed by atoms with van der Waals surface area (Å²) in [6.07, 6.45) is 4.08. The highest BCUT2D eigenvalue weighted by Crippen LogP contribution is 2.45. The van der Waals surface area contributed by atoms with E-state index in [0.717, 1.165) is 37.5 Å². The number of amides is 1. The molecule has 8 nitrogen and oxygen atoms in total. The normalized spacial score (nSPS) is 22.1. The van der Waals surface area contributed by atoms with Crippen LogP contribution in [-0.4, -0.2) is 72.7 Å². The van der Waals surface area contributed by atoms with Gasteiger partial charge in [-0.1, -0.05) is 30.3 Å². The third-order valence-electron chi connectivity index (χ3n) is 6.13. The number of ether oxygens (including phenoxy) is 2. The highest BCUT2D eigenvalue weighted by Gasteiger charge is 2.48. The van der Waals surface area contributed by atoms with Gasteiger partial charge in [0.2, 0.25) is 5.91 Å². The van der Waals surface area contributed by atoms with E-state index in [1.807, 2.05) is 12.3 Å². The van der Waals surface area contributed by atoms with E-state index in [1.54, 1.807) is 20.4 Å². The van der Waals surface area contributed by atoms with E-state index in [-0.39, 0.29) is 18.4 Å². The van der Waals surface area contributed by atoms with Crippen LogP contribution in [0.4, 0.5) is 0 Å². The molecule has 1 aromatic heterocycles. The Labute approximate surface area is 188 Å². The maximum absolute atomic E-state index is 12.9. The monoisotopic (exact) mass is 441 g/mol. The van der Waals surface area contributed by atoms with Gasteiger partial charge in [-0.2, -0.15) is 0 Å². The second kappa shape index (κ2) is 11.6. The van der Waals surface area contributed by atoms with Gasteiger partial charge in [0, 0.05) is 45.4 Å². The van der Waals surface area contributed by atoms with Crippen LogP contribution in [-0.2, 0) is 20.9 Å². The predicted octanol–water partition coefficient (Wildman–Crippen LogP) is 2.46. The van der Waals surface area contributed by atoms with Gasteiger partial charge in [0.25, 0.3) is 6.47 Å². The van der Waals surface area contributed by atoms with Crippen molar-refractivity contribution in [2.24, 2.45) is 11.8 Å². The van der Waals surface area contributed by atoms with E-state index in [0.29, 0.717) is 24.9 Å². The Morgan fingerprint density at radius 3 is 2.62 bits per heavy atom. The summed E-state index contributed by atoms with van der Waals surface area (Å²) in [6, 6.07) is 12.7. The van der Waals surface area contributed by atoms with E-state index in [9.17, 15) is 4.79 Å². The zero-order valence-electron chi connectivity index (χ0n) is 18.6. The number of benzene rings is 1. The molecular weight excluding hydrogens is 410 g/mol. The van der Waals surface area contributed by atoms with Crippen LogP contribution in [0.25, 0.3) is 0 Å². The number of hydrogen-bond acceptors (Lipinski definition) is 6. The topological polar surface area (TPSA) is 92.2 Å². The van der Waals surface area contributed by atoms with Crippen LogP contribution < -0.4 is 4.74 Å². The van der Waals surface area contributed by atoms with Gasteiger partial charge in [-0.05, 0) is 23.1 Å². The molecule has 1 aromatic carbocycles. The number of methoxy groups -OCH3 is 2. The molecule has 0 unspecified atom stereocenters. The maximum atomic E-state index is 12.9. The van der Waals surface area contributed by atoms with Gasteiger partial charge in [-0.25, -0.2) is 0 Å². The second-order valence-corrected chi connectivity index (χ2v) is 8.10. The van der Waals surface area contributed by atoms with Crippen molar-refractivity contribution in [1.29, 1.82) is 0 Å². The Balaban J connectivity index is 0.000000913. The molecule has 32 heavy (non-hydrogen) atoms. The minimum Gasteiger partial charge on any atom is -0.495 e. The lowest BCUT2D eigenvalue weighted by molar-refractivity contribution is -0.133. The fraction of sp³-hybridized carbons (Fsp3) is 0.458. The number of rotatable bonds is 7. The van der Waals surface area contributed by atoms with E-state index >= 15 is 0 Å². The molecule has 2 aliphatic heterocycles. The third kappa shape index (κ3) is 5.63. The van der Waals surface area contributed by atoms with Gasteiger partial charge < -0.3 is 19.5 Å². The molecule has 1 N–H and O–H groups in total. The number of carboxylic acid groups (broad SMARTS) is 1. The molecule has 0 saturated carbocycles. The number of fused-ring (bicyclic) bond motifs is 1. The number of hydrogen-bond donors (Lipinski definition) is 1. The fourth-order valence-electron chi connectivity index (χ4n) is 4.85. The molecule has 2 fully saturated rings. The Morgan fingerprint density at radius 1 is 1.19 bits per heavy atom. The summed E-state index contributed by atoms with van der Waals surface area (Å²) < 4.78 is 10.4. The van der Waals surface area contributed by atoms with Crippen molar-refractivity contribution < 1.29 is 24.2 Å². The second-order valence-electron chi connectivity index (χ2n) is 8.10. The molecule has 3 heterocycles. The summed E-state index contributed by atoms with van der Waals surface area (Å²) in [7, 11) is 3.31. The minimum atomic E-state index is -0.250. The van der Waals surface area contributed by atoms with Crippen molar-refractivity contribution in [2.75, 3.05) is 40.5 Å². The van der Waals surface area contributed by atoms with Crippen molar-refractivity contribution in [3.63, 3.8) is 0 Å². The number of carbonyl (C=O) groups excluding carboxylic acids is 1. The van der Waals surface area contributed by atoms with E-state index < -0.39 is 0 Å². The van der Waals surface area contributed by atoms with E-state index in [2.05, 4.69) is 45.1 Å². The highest BCUT2D eigenvalue weighted by atomic mass is 16.5. The van der Waals surface area contributed by atoms with Gasteiger partial charge in [0.05, 0.1) is 32.4 Å². The molecule has 172 valence electrons. The number of carbonyl (C=O) groups is 2. The van der Waals surface area contributed by atoms with Gasteiger partial charge >= 0.3 is 0 Å². The van der Waals surface area contributed by atoms with Crippen LogP contribution in [0, 0.1) is 11.8 Å². The molecule has 0 aliphatic carbocycles. The third-order valence-corrected chi connectivity index (χ3v) is 6.13. The van der Waals surface area contributed by atoms with Crippen LogP contribution in [0.5, 0.6) is 5.75 Å². The molecule has 2 saturated heterocycles. The Morgan fingerprint density at radius 2 is 1.94 bits per heavy atom. The van der Waals surface area contributed by atoms with Crippen LogP contribution in [0.2, 0.25) is 0 Å². The number of pyridine rings is 1. The largest absolute Gasteiger partial charge is 0.495 e. The Bertz CT molecular complexity index is 879. The summed E-state index contributed by atoms with van der Waals surface area (Å²) in [4.78, 5) is 30.1. The highest BCUT2D eigenvalue weighted by molar-refractivity contribution is 5.77. The lowest BCUT2D eigenvalue weighted by atomic mass is 9.89. The van der Waals surface area contributed by atoms with Crippen LogP contribution >= 0.6 is 0 Å². The molecule has 0 radical (unpaired) electrons. The number of likely N-dealkylation sites (tertiary alicyclic amines) is 2. The van der Waals surface area contributed by atoms with Gasteiger partial charge in [-0.15, -0.1) is 0 Å². The van der Waals surface area contributed by atoms with Crippen molar-refractivity contribution in [3.05, 3.63) is 59.9 Å². The molecule has 2 aliphatic rings. The molecule has 0 spiro atoms. The molecule has 8 heteroatoms. The molecule has 0 bridgehead atoms. The summed E-state index contributed by atoms with van der Waals surface area (Å²) in [6.45, 7) is 3.88. The average Bonchev–Trinajstić information content (AvgIpc) is 3.36. The standard InChI is InChI=1S/C23H29N3O3.CH2O2/c1-28-9-8-22(27)26-15-19-14-25(13-17-10-20(29-2)12-24-11-17)16-21(19)23(26)18-6-4-3-5-7-18;2-1-3/h3-7,10-12,19,21,23H,8-9,13-16H2,1-2H3;1H,(H,2,3)/t19-,21-,23+;/m0./s1. The zero-order chi connectivity index (χ0) is 22.9. The lowest BCUT2D eigenvalue weighted by Crippen LogP contribution is -2.36. The first kappa shape index (κ1) is 23.7. The van der Waals surface area contributed by atoms with Crippen molar-refractivity contribution in [1.82, 2.24) is 14.8 Å². The molecule has 4 rings (SSSR count). The quantitative estimate of drug-likeness (QED) is 0.660. The van der Waals surface area contributed by atoms with Gasteiger partial charge in [0.15, 0.2) is 0 Å². The molecular formula is C24H31N3O5. The van der Waals surface area contributed by atoms with Crippen LogP contribution in [0.1, 0.15) is 23.6 Å². The smallest absolute Gasteiger partial charge is 0.290 e. The van der Waals surface area contributed by atoms with Crippen molar-refractivity contribution >= 4 is 12.4 Å². The van der Waals surface area contributed by atoms with E-state index in [4.69, 9.17) is 19.4 Å².